The molecule has 0 aliphatic rings. The quantitative estimate of drug-likeness (QED) is 0.604. The van der Waals surface area contributed by atoms with E-state index in [0.717, 1.165) is 33.3 Å². The third-order valence-corrected chi connectivity index (χ3v) is 3.86. The first-order chi connectivity index (χ1) is 11.4. The molecule has 3 heterocycles. The number of rotatable bonds is 2. The number of aromatic amines is 1. The monoisotopic (exact) mass is 296 g/mol. The van der Waals surface area contributed by atoms with E-state index in [-0.39, 0.29) is 0 Å². The number of nitrogens with one attached hydrogen (secondary N) is 1. The lowest BCUT2D eigenvalue weighted by Crippen LogP contribution is -1.82. The van der Waals surface area contributed by atoms with Crippen molar-refractivity contribution >= 4 is 10.9 Å². The predicted molar refractivity (Wildman–Crippen MR) is 89.5 cm³/mol. The molecule has 3 aromatic heterocycles. The molecule has 0 amide bonds. The van der Waals surface area contributed by atoms with Crippen molar-refractivity contribution < 1.29 is 0 Å². The van der Waals surface area contributed by atoms with Gasteiger partial charge < -0.3 is 4.98 Å². The zero-order chi connectivity index (χ0) is 15.6. The van der Waals surface area contributed by atoms with E-state index in [1.165, 1.54) is 0 Å². The van der Waals surface area contributed by atoms with Crippen LogP contribution in [0.4, 0.5) is 0 Å². The highest BCUT2D eigenvalue weighted by Gasteiger charge is 2.13. The molecule has 1 aromatic carbocycles. The Morgan fingerprint density at radius 1 is 0.870 bits per heavy atom. The van der Waals surface area contributed by atoms with Gasteiger partial charge >= 0.3 is 0 Å². The number of nitriles is 1. The molecule has 0 bridgehead atoms. The van der Waals surface area contributed by atoms with Crippen molar-refractivity contribution in [1.82, 2.24) is 15.0 Å². The fraction of sp³-hybridized carbons (Fsp3) is 0. The first kappa shape index (κ1) is 13.2. The number of fused-ring (bicyclic) bond motifs is 1. The van der Waals surface area contributed by atoms with Gasteiger partial charge in [0.25, 0.3) is 0 Å². The van der Waals surface area contributed by atoms with Gasteiger partial charge in [-0.1, -0.05) is 12.1 Å². The van der Waals surface area contributed by atoms with E-state index in [9.17, 15) is 5.26 Å². The molecule has 108 valence electrons. The number of H-pyrrole nitrogens is 1. The fourth-order valence-electron chi connectivity index (χ4n) is 2.75. The fourth-order valence-corrected chi connectivity index (χ4v) is 2.75. The van der Waals surface area contributed by atoms with E-state index in [1.807, 2.05) is 48.7 Å². The maximum absolute atomic E-state index is 9.63. The largest absolute Gasteiger partial charge is 0.353 e. The number of pyridine rings is 2. The van der Waals surface area contributed by atoms with Crippen LogP contribution in [0.5, 0.6) is 0 Å². The van der Waals surface area contributed by atoms with E-state index in [0.29, 0.717) is 5.56 Å². The average Bonchev–Trinajstić information content (AvgIpc) is 3.01. The molecule has 4 nitrogen and oxygen atoms in total. The van der Waals surface area contributed by atoms with Gasteiger partial charge in [0.05, 0.1) is 11.3 Å². The number of nitrogens with zero attached hydrogens (tertiary/aromatic N) is 3. The summed E-state index contributed by atoms with van der Waals surface area (Å²) in [4.78, 5) is 11.6. The number of hydrogen-bond acceptors (Lipinski definition) is 3. The SMILES string of the molecule is N#Cc1c(-c2cccnc2)[nH]c2ccc(-c3cccnc3)cc12. The molecule has 0 fully saturated rings. The first-order valence-corrected chi connectivity index (χ1v) is 7.23. The second-order valence-electron chi connectivity index (χ2n) is 5.23. The Morgan fingerprint density at radius 2 is 1.61 bits per heavy atom. The number of benzene rings is 1. The Balaban J connectivity index is 1.94. The lowest BCUT2D eigenvalue weighted by molar-refractivity contribution is 1.31. The smallest absolute Gasteiger partial charge is 0.102 e. The molecule has 0 aliphatic heterocycles. The Morgan fingerprint density at radius 3 is 2.26 bits per heavy atom. The minimum Gasteiger partial charge on any atom is -0.353 e. The lowest BCUT2D eigenvalue weighted by Gasteiger charge is -2.01. The van der Waals surface area contributed by atoms with Crippen LogP contribution in [-0.4, -0.2) is 15.0 Å². The van der Waals surface area contributed by atoms with Gasteiger partial charge in [-0.05, 0) is 35.9 Å². The molecule has 4 heteroatoms. The van der Waals surface area contributed by atoms with Crippen LogP contribution in [0, 0.1) is 11.3 Å². The summed E-state index contributed by atoms with van der Waals surface area (Å²) < 4.78 is 0. The van der Waals surface area contributed by atoms with E-state index in [1.54, 1.807) is 18.6 Å². The number of hydrogen-bond donors (Lipinski definition) is 1. The topological polar surface area (TPSA) is 65.4 Å². The van der Waals surface area contributed by atoms with Crippen LogP contribution in [0.1, 0.15) is 5.56 Å². The molecule has 0 radical (unpaired) electrons. The van der Waals surface area contributed by atoms with Crippen LogP contribution in [0.2, 0.25) is 0 Å². The highest BCUT2D eigenvalue weighted by atomic mass is 14.7. The van der Waals surface area contributed by atoms with Gasteiger partial charge in [-0.25, -0.2) is 0 Å². The van der Waals surface area contributed by atoms with Gasteiger partial charge in [0.1, 0.15) is 6.07 Å². The second-order valence-corrected chi connectivity index (χ2v) is 5.23. The standard InChI is InChI=1S/C19H12N4/c20-10-17-16-9-13(14-3-1-7-21-11-14)5-6-18(16)23-19(17)15-4-2-8-22-12-15/h1-9,11-12,23H. The Bertz CT molecular complexity index is 1010. The second kappa shape index (κ2) is 5.39. The normalized spacial score (nSPS) is 10.6. The molecule has 23 heavy (non-hydrogen) atoms. The third-order valence-electron chi connectivity index (χ3n) is 3.86. The molecule has 0 saturated carbocycles. The van der Waals surface area contributed by atoms with Crippen molar-refractivity contribution in [2.24, 2.45) is 0 Å². The highest BCUT2D eigenvalue weighted by molar-refractivity contribution is 5.95. The molecular formula is C19H12N4. The zero-order valence-corrected chi connectivity index (χ0v) is 12.2. The summed E-state index contributed by atoms with van der Waals surface area (Å²) in [6, 6.07) is 16.1. The molecule has 1 N–H and O–H groups in total. The maximum atomic E-state index is 9.63. The van der Waals surface area contributed by atoms with E-state index >= 15 is 0 Å². The summed E-state index contributed by atoms with van der Waals surface area (Å²) in [6.45, 7) is 0. The average molecular weight is 296 g/mol. The van der Waals surface area contributed by atoms with Crippen LogP contribution in [0.3, 0.4) is 0 Å². The van der Waals surface area contributed by atoms with Crippen LogP contribution < -0.4 is 0 Å². The van der Waals surface area contributed by atoms with Crippen molar-refractivity contribution in [3.8, 4) is 28.5 Å². The summed E-state index contributed by atoms with van der Waals surface area (Å²) in [5, 5.41) is 10.5. The van der Waals surface area contributed by atoms with E-state index in [2.05, 4.69) is 21.0 Å². The molecule has 0 atom stereocenters. The Kier molecular flexibility index (Phi) is 3.10. The van der Waals surface area contributed by atoms with Gasteiger partial charge in [0.2, 0.25) is 0 Å². The molecule has 0 aliphatic carbocycles. The summed E-state index contributed by atoms with van der Waals surface area (Å²) in [5.74, 6) is 0. The van der Waals surface area contributed by atoms with Crippen LogP contribution in [0.15, 0.2) is 67.3 Å². The summed E-state index contributed by atoms with van der Waals surface area (Å²) in [7, 11) is 0. The molecule has 0 spiro atoms. The van der Waals surface area contributed by atoms with E-state index in [4.69, 9.17) is 0 Å². The Hall–Kier alpha value is -3.45. The van der Waals surface area contributed by atoms with Crippen LogP contribution in [-0.2, 0) is 0 Å². The molecular weight excluding hydrogens is 284 g/mol. The van der Waals surface area contributed by atoms with Crippen molar-refractivity contribution in [3.63, 3.8) is 0 Å². The van der Waals surface area contributed by atoms with Gasteiger partial charge in [0, 0.05) is 46.8 Å². The lowest BCUT2D eigenvalue weighted by atomic mass is 10.0. The Labute approximate surface area is 133 Å². The first-order valence-electron chi connectivity index (χ1n) is 7.23. The van der Waals surface area contributed by atoms with Crippen molar-refractivity contribution in [2.45, 2.75) is 0 Å². The van der Waals surface area contributed by atoms with Crippen molar-refractivity contribution in [3.05, 3.63) is 72.8 Å². The summed E-state index contributed by atoms with van der Waals surface area (Å²) in [5.41, 5.74) is 5.36. The number of aromatic nitrogens is 3. The molecule has 0 unspecified atom stereocenters. The van der Waals surface area contributed by atoms with Gasteiger partial charge in [-0.2, -0.15) is 5.26 Å². The maximum Gasteiger partial charge on any atom is 0.102 e. The van der Waals surface area contributed by atoms with Gasteiger partial charge in [-0.3, -0.25) is 9.97 Å². The minimum absolute atomic E-state index is 0.638. The third kappa shape index (κ3) is 2.25. The van der Waals surface area contributed by atoms with Crippen LogP contribution in [0.25, 0.3) is 33.3 Å². The molecule has 4 aromatic rings. The van der Waals surface area contributed by atoms with E-state index < -0.39 is 0 Å². The molecule has 4 rings (SSSR count). The van der Waals surface area contributed by atoms with Crippen molar-refractivity contribution in [2.75, 3.05) is 0 Å². The van der Waals surface area contributed by atoms with Gasteiger partial charge in [0.15, 0.2) is 0 Å². The van der Waals surface area contributed by atoms with Crippen LogP contribution >= 0.6 is 0 Å². The molecule has 0 saturated heterocycles. The minimum atomic E-state index is 0.638. The van der Waals surface area contributed by atoms with Crippen molar-refractivity contribution in [1.29, 1.82) is 5.26 Å². The zero-order valence-electron chi connectivity index (χ0n) is 12.2. The predicted octanol–water partition coefficient (Wildman–Crippen LogP) is 4.16. The summed E-state index contributed by atoms with van der Waals surface area (Å²) >= 11 is 0. The van der Waals surface area contributed by atoms with Gasteiger partial charge in [-0.15, -0.1) is 0 Å². The summed E-state index contributed by atoms with van der Waals surface area (Å²) in [6.07, 6.45) is 7.05. The highest BCUT2D eigenvalue weighted by Crippen LogP contribution is 2.32.